The smallest absolute Gasteiger partial charge is 0.373 e. The zero-order chi connectivity index (χ0) is 14.5. The molecule has 2 rings (SSSR count). The van der Waals surface area contributed by atoms with Crippen LogP contribution in [0.1, 0.15) is 12.5 Å². The van der Waals surface area contributed by atoms with Gasteiger partial charge in [-0.15, -0.1) is 0 Å². The number of anilines is 2. The van der Waals surface area contributed by atoms with Gasteiger partial charge in [0.05, 0.1) is 11.5 Å². The largest absolute Gasteiger partial charge is 0.473 e. The van der Waals surface area contributed by atoms with E-state index < -0.39 is 4.92 Å². The standard InChI is InChI=1S/C13H14N4O3/c1-3-20-13-11(17(18)19)12(14-8-15-13)16-10-6-4-9(2)5-7-10/h4-8H,3H2,1-2H3,(H,14,15,16). The molecule has 0 amide bonds. The van der Waals surface area contributed by atoms with Crippen molar-refractivity contribution in [3.63, 3.8) is 0 Å². The van der Waals surface area contributed by atoms with Gasteiger partial charge in [-0.1, -0.05) is 17.7 Å². The van der Waals surface area contributed by atoms with E-state index in [1.165, 1.54) is 6.33 Å². The Morgan fingerprint density at radius 2 is 2.00 bits per heavy atom. The molecular formula is C13H14N4O3. The molecule has 7 nitrogen and oxygen atoms in total. The van der Waals surface area contributed by atoms with Gasteiger partial charge in [-0.05, 0) is 26.0 Å². The van der Waals surface area contributed by atoms with Crippen LogP contribution in [-0.4, -0.2) is 21.5 Å². The van der Waals surface area contributed by atoms with Crippen molar-refractivity contribution in [1.82, 2.24) is 9.97 Å². The Morgan fingerprint density at radius 1 is 1.30 bits per heavy atom. The van der Waals surface area contributed by atoms with E-state index in [-0.39, 0.29) is 17.4 Å². The molecule has 7 heteroatoms. The maximum atomic E-state index is 11.2. The minimum atomic E-state index is -0.554. The molecule has 104 valence electrons. The lowest BCUT2D eigenvalue weighted by atomic mass is 10.2. The van der Waals surface area contributed by atoms with Gasteiger partial charge in [0, 0.05) is 5.69 Å². The number of hydrogen-bond donors (Lipinski definition) is 1. The molecule has 0 aliphatic heterocycles. The number of nitrogens with zero attached hydrogens (tertiary/aromatic N) is 3. The van der Waals surface area contributed by atoms with E-state index in [1.54, 1.807) is 6.92 Å². The first-order valence-electron chi connectivity index (χ1n) is 6.07. The van der Waals surface area contributed by atoms with Crippen LogP contribution < -0.4 is 10.1 Å². The Bertz CT molecular complexity index is 614. The lowest BCUT2D eigenvalue weighted by molar-refractivity contribution is -0.385. The fourth-order valence-electron chi connectivity index (χ4n) is 1.63. The lowest BCUT2D eigenvalue weighted by Crippen LogP contribution is -2.05. The predicted octanol–water partition coefficient (Wildman–Crippen LogP) is 2.84. The van der Waals surface area contributed by atoms with Gasteiger partial charge in [0.1, 0.15) is 6.33 Å². The summed E-state index contributed by atoms with van der Waals surface area (Å²) in [6, 6.07) is 7.45. The van der Waals surface area contributed by atoms with Gasteiger partial charge in [0.15, 0.2) is 0 Å². The number of hydrogen-bond acceptors (Lipinski definition) is 6. The van der Waals surface area contributed by atoms with E-state index >= 15 is 0 Å². The van der Waals surface area contributed by atoms with Crippen molar-refractivity contribution in [3.8, 4) is 5.88 Å². The molecule has 0 spiro atoms. The molecule has 0 aliphatic carbocycles. The van der Waals surface area contributed by atoms with Gasteiger partial charge in [-0.3, -0.25) is 10.1 Å². The zero-order valence-electron chi connectivity index (χ0n) is 11.2. The van der Waals surface area contributed by atoms with Gasteiger partial charge in [0.25, 0.3) is 5.88 Å². The molecule has 0 saturated carbocycles. The first-order chi connectivity index (χ1) is 9.61. The summed E-state index contributed by atoms with van der Waals surface area (Å²) in [5, 5.41) is 14.1. The maximum absolute atomic E-state index is 11.2. The molecule has 0 fully saturated rings. The summed E-state index contributed by atoms with van der Waals surface area (Å²) in [5.41, 5.74) is 1.54. The van der Waals surface area contributed by atoms with Crippen molar-refractivity contribution in [1.29, 1.82) is 0 Å². The third kappa shape index (κ3) is 3.00. The number of rotatable bonds is 5. The van der Waals surface area contributed by atoms with Gasteiger partial charge in [-0.2, -0.15) is 4.98 Å². The van der Waals surface area contributed by atoms with Crippen LogP contribution in [0.3, 0.4) is 0 Å². The summed E-state index contributed by atoms with van der Waals surface area (Å²) < 4.78 is 5.16. The van der Waals surface area contributed by atoms with Crippen LogP contribution in [0, 0.1) is 17.0 Å². The minimum Gasteiger partial charge on any atom is -0.473 e. The van der Waals surface area contributed by atoms with Crippen LogP contribution in [0.25, 0.3) is 0 Å². The average molecular weight is 274 g/mol. The van der Waals surface area contributed by atoms with E-state index in [4.69, 9.17) is 4.74 Å². The number of aryl methyl sites for hydroxylation is 1. The Morgan fingerprint density at radius 3 is 2.60 bits per heavy atom. The van der Waals surface area contributed by atoms with E-state index in [2.05, 4.69) is 15.3 Å². The molecule has 1 heterocycles. The van der Waals surface area contributed by atoms with Gasteiger partial charge in [0.2, 0.25) is 5.82 Å². The summed E-state index contributed by atoms with van der Waals surface area (Å²) in [7, 11) is 0. The number of nitro groups is 1. The summed E-state index contributed by atoms with van der Waals surface area (Å²) in [5.74, 6) is 0.0689. The number of ether oxygens (including phenoxy) is 1. The third-order valence-corrected chi connectivity index (χ3v) is 2.57. The van der Waals surface area contributed by atoms with E-state index in [0.717, 1.165) is 5.56 Å². The highest BCUT2D eigenvalue weighted by Crippen LogP contribution is 2.32. The predicted molar refractivity (Wildman–Crippen MR) is 74.3 cm³/mol. The highest BCUT2D eigenvalue weighted by atomic mass is 16.6. The summed E-state index contributed by atoms with van der Waals surface area (Å²) in [6.45, 7) is 3.99. The maximum Gasteiger partial charge on any atom is 0.373 e. The second-order valence-electron chi connectivity index (χ2n) is 4.06. The third-order valence-electron chi connectivity index (χ3n) is 2.57. The quantitative estimate of drug-likeness (QED) is 0.666. The summed E-state index contributed by atoms with van der Waals surface area (Å²) in [4.78, 5) is 18.3. The van der Waals surface area contributed by atoms with Crippen LogP contribution in [0.2, 0.25) is 0 Å². The number of aromatic nitrogens is 2. The molecule has 0 aliphatic rings. The first kappa shape index (κ1) is 13.7. The Labute approximate surface area is 115 Å². The Balaban J connectivity index is 2.37. The van der Waals surface area contributed by atoms with E-state index in [1.807, 2.05) is 31.2 Å². The topological polar surface area (TPSA) is 90.2 Å². The number of benzene rings is 1. The van der Waals surface area contributed by atoms with Crippen molar-refractivity contribution in [2.24, 2.45) is 0 Å². The molecule has 0 saturated heterocycles. The molecule has 0 bridgehead atoms. The molecule has 1 aromatic heterocycles. The van der Waals surface area contributed by atoms with Crippen molar-refractivity contribution in [3.05, 3.63) is 46.3 Å². The van der Waals surface area contributed by atoms with Crippen molar-refractivity contribution in [2.45, 2.75) is 13.8 Å². The van der Waals surface area contributed by atoms with Crippen LogP contribution >= 0.6 is 0 Å². The molecular weight excluding hydrogens is 260 g/mol. The molecule has 0 unspecified atom stereocenters. The SMILES string of the molecule is CCOc1ncnc(Nc2ccc(C)cc2)c1[N+](=O)[O-]. The average Bonchev–Trinajstić information content (AvgIpc) is 2.41. The first-order valence-corrected chi connectivity index (χ1v) is 6.07. The van der Waals surface area contributed by atoms with Crippen molar-refractivity contribution < 1.29 is 9.66 Å². The minimum absolute atomic E-state index is 0.0397. The van der Waals surface area contributed by atoms with Gasteiger partial charge < -0.3 is 10.1 Å². The highest BCUT2D eigenvalue weighted by molar-refractivity contribution is 5.68. The monoisotopic (exact) mass is 274 g/mol. The van der Waals surface area contributed by atoms with Gasteiger partial charge >= 0.3 is 5.69 Å². The van der Waals surface area contributed by atoms with Crippen LogP contribution in [-0.2, 0) is 0 Å². The Kier molecular flexibility index (Phi) is 4.09. The van der Waals surface area contributed by atoms with E-state index in [9.17, 15) is 10.1 Å². The Hall–Kier alpha value is -2.70. The second-order valence-corrected chi connectivity index (χ2v) is 4.06. The summed E-state index contributed by atoms with van der Waals surface area (Å²) >= 11 is 0. The second kappa shape index (κ2) is 5.96. The normalized spacial score (nSPS) is 10.1. The molecule has 1 aromatic carbocycles. The fourth-order valence-corrected chi connectivity index (χ4v) is 1.63. The van der Waals surface area contributed by atoms with E-state index in [0.29, 0.717) is 12.3 Å². The van der Waals surface area contributed by atoms with Crippen LogP contribution in [0.4, 0.5) is 17.2 Å². The fraction of sp³-hybridized carbons (Fsp3) is 0.231. The zero-order valence-corrected chi connectivity index (χ0v) is 11.2. The molecule has 1 N–H and O–H groups in total. The van der Waals surface area contributed by atoms with Crippen LogP contribution in [0.15, 0.2) is 30.6 Å². The van der Waals surface area contributed by atoms with Crippen molar-refractivity contribution in [2.75, 3.05) is 11.9 Å². The highest BCUT2D eigenvalue weighted by Gasteiger charge is 2.24. The molecule has 2 aromatic rings. The molecule has 0 radical (unpaired) electrons. The van der Waals surface area contributed by atoms with Crippen LogP contribution in [0.5, 0.6) is 5.88 Å². The molecule has 0 atom stereocenters. The number of nitrogens with one attached hydrogen (secondary N) is 1. The van der Waals surface area contributed by atoms with Crippen molar-refractivity contribution >= 4 is 17.2 Å². The summed E-state index contributed by atoms with van der Waals surface area (Å²) in [6.07, 6.45) is 1.23. The lowest BCUT2D eigenvalue weighted by Gasteiger charge is -2.08. The molecule has 20 heavy (non-hydrogen) atoms. The van der Waals surface area contributed by atoms with Gasteiger partial charge in [-0.25, -0.2) is 4.98 Å².